The minimum atomic E-state index is 0.726. The van der Waals surface area contributed by atoms with Crippen LogP contribution in [0.3, 0.4) is 0 Å². The van der Waals surface area contributed by atoms with Gasteiger partial charge in [-0.1, -0.05) is 48.5 Å². The normalized spacial score (nSPS) is 11.0. The lowest BCUT2D eigenvalue weighted by atomic mass is 10.1. The number of nitrogens with one attached hydrogen (secondary N) is 2. The van der Waals surface area contributed by atoms with Gasteiger partial charge in [-0.3, -0.25) is 0 Å². The van der Waals surface area contributed by atoms with Gasteiger partial charge in [0.25, 0.3) is 0 Å². The molecule has 180 valence electrons. The van der Waals surface area contributed by atoms with Crippen molar-refractivity contribution in [2.24, 2.45) is 0 Å². The fraction of sp³-hybridized carbons (Fsp3) is 0.0667. The van der Waals surface area contributed by atoms with Crippen molar-refractivity contribution in [3.8, 4) is 11.5 Å². The van der Waals surface area contributed by atoms with E-state index in [0.29, 0.717) is 0 Å². The van der Waals surface area contributed by atoms with Crippen LogP contribution in [0.1, 0.15) is 11.4 Å². The van der Waals surface area contributed by atoms with Crippen LogP contribution in [0.5, 0.6) is 11.5 Å². The Morgan fingerprint density at radius 2 is 0.838 bits per heavy atom. The molecule has 0 aliphatic heterocycles. The second-order valence-corrected chi connectivity index (χ2v) is 8.76. The summed E-state index contributed by atoms with van der Waals surface area (Å²) in [5.74, 6) is 2.93. The molecule has 0 saturated heterocycles. The maximum absolute atomic E-state index is 6.05. The predicted octanol–water partition coefficient (Wildman–Crippen LogP) is 7.47. The van der Waals surface area contributed by atoms with Crippen LogP contribution in [0, 0.1) is 13.8 Å². The van der Waals surface area contributed by atoms with Crippen LogP contribution in [0.15, 0.2) is 97.1 Å². The number of benzene rings is 4. The van der Waals surface area contributed by atoms with E-state index in [4.69, 9.17) is 4.74 Å². The van der Waals surface area contributed by atoms with Crippen molar-refractivity contribution in [2.45, 2.75) is 13.8 Å². The lowest BCUT2D eigenvalue weighted by Gasteiger charge is -2.12. The van der Waals surface area contributed by atoms with Crippen molar-refractivity contribution >= 4 is 44.6 Å². The molecule has 2 heterocycles. The Morgan fingerprint density at radius 3 is 1.24 bits per heavy atom. The number of ether oxygens (including phenoxy) is 1. The molecule has 6 aromatic rings. The molecule has 0 amide bonds. The van der Waals surface area contributed by atoms with Crippen molar-refractivity contribution in [3.63, 3.8) is 0 Å². The van der Waals surface area contributed by atoms with Crippen LogP contribution in [-0.4, -0.2) is 20.4 Å². The second kappa shape index (κ2) is 9.54. The van der Waals surface area contributed by atoms with E-state index < -0.39 is 0 Å². The monoisotopic (exact) mass is 484 g/mol. The third-order valence-electron chi connectivity index (χ3n) is 6.21. The zero-order valence-corrected chi connectivity index (χ0v) is 20.4. The summed E-state index contributed by atoms with van der Waals surface area (Å²) in [5, 5.41) is 28.2. The highest BCUT2D eigenvalue weighted by Gasteiger charge is 2.08. The Labute approximate surface area is 214 Å². The van der Waals surface area contributed by atoms with Gasteiger partial charge in [-0.05, 0) is 62.4 Å². The summed E-state index contributed by atoms with van der Waals surface area (Å²) >= 11 is 0. The molecule has 2 N–H and O–H groups in total. The molecular weight excluding hydrogens is 460 g/mol. The lowest BCUT2D eigenvalue weighted by molar-refractivity contribution is 0.483. The van der Waals surface area contributed by atoms with Crippen molar-refractivity contribution in [2.75, 3.05) is 10.6 Å². The maximum atomic E-state index is 6.05. The lowest BCUT2D eigenvalue weighted by Crippen LogP contribution is -1.99. The number of hydrogen-bond donors (Lipinski definition) is 2. The summed E-state index contributed by atoms with van der Waals surface area (Å²) in [6.45, 7) is 3.93. The molecule has 0 fully saturated rings. The molecule has 7 heteroatoms. The van der Waals surface area contributed by atoms with Crippen LogP contribution in [-0.2, 0) is 0 Å². The number of hydrogen-bond acceptors (Lipinski definition) is 7. The molecule has 6 rings (SSSR count). The summed E-state index contributed by atoms with van der Waals surface area (Å²) in [6, 6.07) is 31.8. The van der Waals surface area contributed by atoms with E-state index >= 15 is 0 Å². The van der Waals surface area contributed by atoms with E-state index in [9.17, 15) is 0 Å². The fourth-order valence-corrected chi connectivity index (χ4v) is 4.28. The number of anilines is 4. The topological polar surface area (TPSA) is 84.9 Å². The van der Waals surface area contributed by atoms with Crippen molar-refractivity contribution in [3.05, 3.63) is 108 Å². The smallest absolute Gasteiger partial charge is 0.160 e. The highest BCUT2D eigenvalue weighted by molar-refractivity contribution is 5.95. The van der Waals surface area contributed by atoms with Gasteiger partial charge >= 0.3 is 0 Å². The fourth-order valence-electron chi connectivity index (χ4n) is 4.28. The molecule has 37 heavy (non-hydrogen) atoms. The van der Waals surface area contributed by atoms with Crippen molar-refractivity contribution < 1.29 is 4.74 Å². The molecule has 0 bridgehead atoms. The Morgan fingerprint density at radius 1 is 0.459 bits per heavy atom. The largest absolute Gasteiger partial charge is 0.457 e. The molecule has 7 nitrogen and oxygen atoms in total. The van der Waals surface area contributed by atoms with Gasteiger partial charge in [0, 0.05) is 32.9 Å². The minimum absolute atomic E-state index is 0.726. The quantitative estimate of drug-likeness (QED) is 0.254. The molecule has 0 atom stereocenters. The van der Waals surface area contributed by atoms with E-state index in [1.165, 1.54) is 0 Å². The zero-order valence-electron chi connectivity index (χ0n) is 20.4. The molecule has 2 aromatic heterocycles. The number of aromatic nitrogens is 4. The van der Waals surface area contributed by atoms with Gasteiger partial charge in [0.2, 0.25) is 0 Å². The first-order valence-corrected chi connectivity index (χ1v) is 12.0. The second-order valence-electron chi connectivity index (χ2n) is 8.76. The number of rotatable bonds is 6. The summed E-state index contributed by atoms with van der Waals surface area (Å²) in [6.07, 6.45) is 0. The van der Waals surface area contributed by atoms with Crippen LogP contribution < -0.4 is 15.4 Å². The van der Waals surface area contributed by atoms with Crippen molar-refractivity contribution in [1.29, 1.82) is 0 Å². The Kier molecular flexibility index (Phi) is 5.78. The first-order chi connectivity index (χ1) is 18.1. The predicted molar refractivity (Wildman–Crippen MR) is 148 cm³/mol. The van der Waals surface area contributed by atoms with Crippen LogP contribution >= 0.6 is 0 Å². The van der Waals surface area contributed by atoms with Gasteiger partial charge in [-0.15, -0.1) is 10.2 Å². The molecule has 4 aromatic carbocycles. The molecule has 0 radical (unpaired) electrons. The molecule has 0 saturated carbocycles. The van der Waals surface area contributed by atoms with Gasteiger partial charge in [-0.25, -0.2) is 0 Å². The number of aryl methyl sites for hydroxylation is 2. The van der Waals surface area contributed by atoms with Gasteiger partial charge < -0.3 is 15.4 Å². The summed E-state index contributed by atoms with van der Waals surface area (Å²) in [7, 11) is 0. The van der Waals surface area contributed by atoms with Crippen LogP contribution in [0.25, 0.3) is 21.5 Å². The Hall–Kier alpha value is -5.04. The average molecular weight is 485 g/mol. The third-order valence-corrected chi connectivity index (χ3v) is 6.21. The molecule has 0 spiro atoms. The van der Waals surface area contributed by atoms with E-state index in [1.807, 2.05) is 98.8 Å². The SMILES string of the molecule is Cc1nnc(Nc2ccc(Oc3ccc(Nc4nnc(C)c5ccccc45)cc3)cc2)c2ccccc12. The number of fused-ring (bicyclic) bond motifs is 2. The molecule has 0 aliphatic rings. The van der Waals surface area contributed by atoms with Gasteiger partial charge in [0.15, 0.2) is 11.6 Å². The highest BCUT2D eigenvalue weighted by atomic mass is 16.5. The Balaban J connectivity index is 1.14. The summed E-state index contributed by atoms with van der Waals surface area (Å²) < 4.78 is 6.05. The van der Waals surface area contributed by atoms with Gasteiger partial charge in [0.05, 0.1) is 11.4 Å². The average Bonchev–Trinajstić information content (AvgIpc) is 2.94. The molecule has 0 aliphatic carbocycles. The Bertz CT molecular complexity index is 1590. The minimum Gasteiger partial charge on any atom is -0.457 e. The van der Waals surface area contributed by atoms with E-state index in [2.05, 4.69) is 43.2 Å². The summed E-state index contributed by atoms with van der Waals surface area (Å²) in [5.41, 5.74) is 3.63. The molecular formula is C30H24N6O. The van der Waals surface area contributed by atoms with Crippen LogP contribution in [0.4, 0.5) is 23.0 Å². The first kappa shape index (κ1) is 22.4. The first-order valence-electron chi connectivity index (χ1n) is 12.0. The van der Waals surface area contributed by atoms with Crippen LogP contribution in [0.2, 0.25) is 0 Å². The molecule has 0 unspecified atom stereocenters. The summed E-state index contributed by atoms with van der Waals surface area (Å²) in [4.78, 5) is 0. The highest BCUT2D eigenvalue weighted by Crippen LogP contribution is 2.30. The van der Waals surface area contributed by atoms with Gasteiger partial charge in [0.1, 0.15) is 11.5 Å². The zero-order chi connectivity index (χ0) is 25.2. The van der Waals surface area contributed by atoms with Gasteiger partial charge in [-0.2, -0.15) is 10.2 Å². The maximum Gasteiger partial charge on any atom is 0.160 e. The van der Waals surface area contributed by atoms with E-state index in [-0.39, 0.29) is 0 Å². The van der Waals surface area contributed by atoms with Crippen molar-refractivity contribution in [1.82, 2.24) is 20.4 Å². The van der Waals surface area contributed by atoms with E-state index in [1.54, 1.807) is 0 Å². The third kappa shape index (κ3) is 4.62. The standard InChI is InChI=1S/C30H24N6O/c1-19-25-7-3-5-9-27(25)29(35-33-19)31-21-11-15-23(16-12-21)37-24-17-13-22(14-18-24)32-30-28-10-6-4-8-26(28)20(2)34-36-30/h3-18H,1-2H3,(H,31,35)(H,32,36). The number of nitrogens with zero attached hydrogens (tertiary/aromatic N) is 4. The van der Waals surface area contributed by atoms with E-state index in [0.717, 1.165) is 67.4 Å².